The van der Waals surface area contributed by atoms with Crippen LogP contribution in [-0.2, 0) is 0 Å². The standard InChI is InChI=1S/C15H14N2.ClH/c1-3-8-14(9-4-1)16-12-7-13-17-15-10-5-2-6-11-15;/h1-13,16H;1H. The summed E-state index contributed by atoms with van der Waals surface area (Å²) in [4.78, 5) is 4.29. The van der Waals surface area contributed by atoms with Crippen molar-refractivity contribution in [3.63, 3.8) is 0 Å². The fourth-order valence-electron chi connectivity index (χ4n) is 1.36. The van der Waals surface area contributed by atoms with Crippen LogP contribution in [0.5, 0.6) is 0 Å². The minimum absolute atomic E-state index is 0. The second kappa shape index (κ2) is 8.09. The first-order valence-electron chi connectivity index (χ1n) is 5.51. The normalized spacial score (nSPS) is 10.4. The highest BCUT2D eigenvalue weighted by atomic mass is 35.5. The third-order valence-corrected chi connectivity index (χ3v) is 2.19. The molecule has 2 nitrogen and oxygen atoms in total. The van der Waals surface area contributed by atoms with Crippen molar-refractivity contribution in [3.8, 4) is 0 Å². The molecule has 0 unspecified atom stereocenters. The maximum atomic E-state index is 4.29. The molecule has 2 aromatic rings. The van der Waals surface area contributed by atoms with E-state index >= 15 is 0 Å². The fourth-order valence-corrected chi connectivity index (χ4v) is 1.36. The monoisotopic (exact) mass is 258 g/mol. The summed E-state index contributed by atoms with van der Waals surface area (Å²) in [5.74, 6) is 0. The number of hydrogen-bond acceptors (Lipinski definition) is 2. The van der Waals surface area contributed by atoms with E-state index in [1.807, 2.05) is 72.9 Å². The fraction of sp³-hybridized carbons (Fsp3) is 0. The Labute approximate surface area is 113 Å². The van der Waals surface area contributed by atoms with Crippen LogP contribution in [0.4, 0.5) is 11.4 Å². The van der Waals surface area contributed by atoms with Crippen LogP contribution < -0.4 is 5.32 Å². The van der Waals surface area contributed by atoms with E-state index in [2.05, 4.69) is 10.3 Å². The quantitative estimate of drug-likeness (QED) is 0.806. The molecule has 0 aliphatic rings. The molecule has 2 rings (SSSR count). The summed E-state index contributed by atoms with van der Waals surface area (Å²) in [5.41, 5.74) is 2.02. The Morgan fingerprint density at radius 3 is 2.11 bits per heavy atom. The van der Waals surface area contributed by atoms with Crippen molar-refractivity contribution in [2.45, 2.75) is 0 Å². The van der Waals surface area contributed by atoms with Crippen LogP contribution in [-0.4, -0.2) is 6.21 Å². The molecule has 92 valence electrons. The topological polar surface area (TPSA) is 24.4 Å². The summed E-state index contributed by atoms with van der Waals surface area (Å²) < 4.78 is 0. The predicted octanol–water partition coefficient (Wildman–Crippen LogP) is 4.44. The third kappa shape index (κ3) is 4.85. The highest BCUT2D eigenvalue weighted by molar-refractivity contribution is 5.85. The average Bonchev–Trinajstić information content (AvgIpc) is 2.41. The number of nitrogens with zero attached hydrogens (tertiary/aromatic N) is 1. The van der Waals surface area contributed by atoms with E-state index in [9.17, 15) is 0 Å². The van der Waals surface area contributed by atoms with Crippen molar-refractivity contribution in [2.24, 2.45) is 4.99 Å². The first-order chi connectivity index (χ1) is 8.45. The predicted molar refractivity (Wildman–Crippen MR) is 81.0 cm³/mol. The van der Waals surface area contributed by atoms with Gasteiger partial charge in [-0.15, -0.1) is 12.4 Å². The van der Waals surface area contributed by atoms with Crippen LogP contribution in [0.3, 0.4) is 0 Å². The molecule has 0 saturated heterocycles. The van der Waals surface area contributed by atoms with Crippen LogP contribution in [0.25, 0.3) is 0 Å². The summed E-state index contributed by atoms with van der Waals surface area (Å²) in [5, 5.41) is 3.16. The average molecular weight is 259 g/mol. The van der Waals surface area contributed by atoms with Crippen molar-refractivity contribution in [2.75, 3.05) is 5.32 Å². The van der Waals surface area contributed by atoms with E-state index in [1.54, 1.807) is 6.21 Å². The number of allylic oxidation sites excluding steroid dienone is 1. The zero-order valence-corrected chi connectivity index (χ0v) is 10.7. The van der Waals surface area contributed by atoms with Crippen molar-refractivity contribution in [1.82, 2.24) is 0 Å². The summed E-state index contributed by atoms with van der Waals surface area (Å²) in [6.45, 7) is 0. The molecular formula is C15H15ClN2. The highest BCUT2D eigenvalue weighted by Gasteiger charge is 1.83. The van der Waals surface area contributed by atoms with Gasteiger partial charge >= 0.3 is 0 Å². The number of nitrogens with one attached hydrogen (secondary N) is 1. The molecule has 0 spiro atoms. The maximum absolute atomic E-state index is 4.29. The van der Waals surface area contributed by atoms with Crippen LogP contribution in [0, 0.1) is 0 Å². The van der Waals surface area contributed by atoms with Crippen LogP contribution in [0.2, 0.25) is 0 Å². The van der Waals surface area contributed by atoms with Gasteiger partial charge in [0.15, 0.2) is 0 Å². The second-order valence-corrected chi connectivity index (χ2v) is 3.48. The van der Waals surface area contributed by atoms with Gasteiger partial charge < -0.3 is 5.32 Å². The summed E-state index contributed by atoms with van der Waals surface area (Å²) in [6, 6.07) is 19.9. The first-order valence-corrected chi connectivity index (χ1v) is 5.51. The Balaban J connectivity index is 0.00000162. The molecule has 0 radical (unpaired) electrons. The number of benzene rings is 2. The van der Waals surface area contributed by atoms with E-state index in [-0.39, 0.29) is 12.4 Å². The lowest BCUT2D eigenvalue weighted by atomic mass is 10.3. The largest absolute Gasteiger partial charge is 0.362 e. The second-order valence-electron chi connectivity index (χ2n) is 3.48. The van der Waals surface area contributed by atoms with Gasteiger partial charge in [0, 0.05) is 18.1 Å². The molecule has 0 saturated carbocycles. The van der Waals surface area contributed by atoms with Gasteiger partial charge in [-0.05, 0) is 30.3 Å². The number of halogens is 1. The zero-order valence-electron chi connectivity index (χ0n) is 9.86. The lowest BCUT2D eigenvalue weighted by Crippen LogP contribution is -1.85. The Hall–Kier alpha value is -2.06. The van der Waals surface area contributed by atoms with E-state index in [1.165, 1.54) is 0 Å². The third-order valence-electron chi connectivity index (χ3n) is 2.19. The Morgan fingerprint density at radius 2 is 1.44 bits per heavy atom. The van der Waals surface area contributed by atoms with Crippen molar-refractivity contribution < 1.29 is 0 Å². The van der Waals surface area contributed by atoms with Crippen LogP contribution >= 0.6 is 12.4 Å². The molecule has 0 heterocycles. The molecule has 2 aromatic carbocycles. The Bertz CT molecular complexity index is 492. The molecule has 0 aliphatic carbocycles. The first kappa shape index (κ1) is 14.0. The van der Waals surface area contributed by atoms with Gasteiger partial charge in [0.25, 0.3) is 0 Å². The molecule has 0 atom stereocenters. The SMILES string of the molecule is C(=CNc1ccccc1)C=Nc1ccccc1.Cl. The molecule has 0 aliphatic heterocycles. The number of anilines is 1. The number of para-hydroxylation sites is 2. The molecule has 1 N–H and O–H groups in total. The lowest BCUT2D eigenvalue weighted by Gasteiger charge is -1.97. The molecule has 0 aromatic heterocycles. The number of hydrogen-bond donors (Lipinski definition) is 1. The summed E-state index contributed by atoms with van der Waals surface area (Å²) >= 11 is 0. The van der Waals surface area contributed by atoms with Gasteiger partial charge in [0.1, 0.15) is 0 Å². The Kier molecular flexibility index (Phi) is 6.30. The van der Waals surface area contributed by atoms with Gasteiger partial charge in [0.05, 0.1) is 5.69 Å². The highest BCUT2D eigenvalue weighted by Crippen LogP contribution is 2.08. The smallest absolute Gasteiger partial charge is 0.0629 e. The van der Waals surface area contributed by atoms with Gasteiger partial charge in [-0.1, -0.05) is 36.4 Å². The molecule has 0 amide bonds. The van der Waals surface area contributed by atoms with Crippen LogP contribution in [0.15, 0.2) is 77.9 Å². The minimum Gasteiger partial charge on any atom is -0.362 e. The molecular weight excluding hydrogens is 244 g/mol. The van der Waals surface area contributed by atoms with E-state index in [0.717, 1.165) is 11.4 Å². The van der Waals surface area contributed by atoms with E-state index in [0.29, 0.717) is 0 Å². The Morgan fingerprint density at radius 1 is 0.833 bits per heavy atom. The zero-order chi connectivity index (χ0) is 11.8. The van der Waals surface area contributed by atoms with E-state index in [4.69, 9.17) is 0 Å². The van der Waals surface area contributed by atoms with Crippen molar-refractivity contribution >= 4 is 30.0 Å². The van der Waals surface area contributed by atoms with Gasteiger partial charge in [-0.25, -0.2) is 0 Å². The maximum Gasteiger partial charge on any atom is 0.0629 e. The minimum atomic E-state index is 0. The molecule has 3 heteroatoms. The number of rotatable bonds is 4. The molecule has 18 heavy (non-hydrogen) atoms. The summed E-state index contributed by atoms with van der Waals surface area (Å²) in [7, 11) is 0. The summed E-state index contributed by atoms with van der Waals surface area (Å²) in [6.07, 6.45) is 5.51. The van der Waals surface area contributed by atoms with Gasteiger partial charge in [-0.2, -0.15) is 0 Å². The lowest BCUT2D eigenvalue weighted by molar-refractivity contribution is 1.54. The van der Waals surface area contributed by atoms with Crippen molar-refractivity contribution in [3.05, 3.63) is 72.9 Å². The molecule has 0 fully saturated rings. The molecule has 0 bridgehead atoms. The van der Waals surface area contributed by atoms with Crippen molar-refractivity contribution in [1.29, 1.82) is 0 Å². The van der Waals surface area contributed by atoms with E-state index < -0.39 is 0 Å². The van der Waals surface area contributed by atoms with Gasteiger partial charge in [0.2, 0.25) is 0 Å². The van der Waals surface area contributed by atoms with Gasteiger partial charge in [-0.3, -0.25) is 4.99 Å². The van der Waals surface area contributed by atoms with Crippen LogP contribution in [0.1, 0.15) is 0 Å². The number of aliphatic imine (C=N–C) groups is 1.